The molecule has 0 unspecified atom stereocenters. The fourth-order valence-electron chi connectivity index (χ4n) is 2.91. The molecule has 4 rings (SSSR count). The number of benzene rings is 1. The molecule has 2 N–H and O–H groups in total. The van der Waals surface area contributed by atoms with Crippen molar-refractivity contribution in [3.8, 4) is 11.4 Å². The molecule has 1 aliphatic heterocycles. The largest absolute Gasteiger partial charge is 0.376 e. The van der Waals surface area contributed by atoms with E-state index in [2.05, 4.69) is 20.4 Å². The van der Waals surface area contributed by atoms with E-state index in [0.29, 0.717) is 23.2 Å². The lowest BCUT2D eigenvalue weighted by Crippen LogP contribution is -2.33. The second-order valence-electron chi connectivity index (χ2n) is 6.24. The average Bonchev–Trinajstić information content (AvgIpc) is 3.33. The molecule has 0 aliphatic carbocycles. The van der Waals surface area contributed by atoms with E-state index in [1.807, 2.05) is 30.3 Å². The molecule has 3 aromatic rings. The Bertz CT molecular complexity index is 995. The predicted octanol–water partition coefficient (Wildman–Crippen LogP) is 1.47. The molecule has 2 aromatic heterocycles. The van der Waals surface area contributed by atoms with Crippen LogP contribution in [0.4, 0.5) is 0 Å². The van der Waals surface area contributed by atoms with Crippen LogP contribution in [0.25, 0.3) is 17.0 Å². The number of thioether (sulfide) groups is 1. The topological polar surface area (TPSA) is 101 Å². The zero-order valence-electron chi connectivity index (χ0n) is 14.6. The van der Waals surface area contributed by atoms with Crippen LogP contribution in [0.3, 0.4) is 0 Å². The normalized spacial score (nSPS) is 16.7. The third-order valence-electron chi connectivity index (χ3n) is 4.24. The summed E-state index contributed by atoms with van der Waals surface area (Å²) in [4.78, 5) is 32.9. The van der Waals surface area contributed by atoms with Crippen molar-refractivity contribution in [3.63, 3.8) is 0 Å². The number of nitrogens with zero attached hydrogens (tertiary/aromatic N) is 3. The van der Waals surface area contributed by atoms with E-state index in [0.717, 1.165) is 25.0 Å². The van der Waals surface area contributed by atoms with Gasteiger partial charge in [-0.3, -0.25) is 14.7 Å². The number of carbonyl (C=O) groups excluding carboxylic acids is 1. The highest BCUT2D eigenvalue weighted by Gasteiger charge is 2.17. The van der Waals surface area contributed by atoms with Gasteiger partial charge in [-0.25, -0.2) is 14.5 Å². The van der Waals surface area contributed by atoms with Crippen LogP contribution < -0.4 is 10.9 Å². The highest BCUT2D eigenvalue weighted by Crippen LogP contribution is 2.21. The van der Waals surface area contributed by atoms with Crippen LogP contribution in [-0.2, 0) is 9.53 Å². The fourth-order valence-corrected chi connectivity index (χ4v) is 3.69. The van der Waals surface area contributed by atoms with Crippen molar-refractivity contribution in [2.45, 2.75) is 24.1 Å². The molecule has 8 nitrogen and oxygen atoms in total. The van der Waals surface area contributed by atoms with Crippen molar-refractivity contribution in [1.29, 1.82) is 0 Å². The number of hydrogen-bond acceptors (Lipinski definition) is 6. The van der Waals surface area contributed by atoms with Gasteiger partial charge in [0.05, 0.1) is 11.9 Å². The number of aromatic amines is 1. The number of carbonyl (C=O) groups is 1. The van der Waals surface area contributed by atoms with Gasteiger partial charge in [-0.2, -0.15) is 0 Å². The smallest absolute Gasteiger partial charge is 0.266 e. The molecule has 0 saturated carbocycles. The fraction of sp³-hybridized carbons (Fsp3) is 0.333. The number of ether oxygens (including phenoxy) is 1. The predicted molar refractivity (Wildman–Crippen MR) is 102 cm³/mol. The van der Waals surface area contributed by atoms with Gasteiger partial charge in [0.25, 0.3) is 5.56 Å². The van der Waals surface area contributed by atoms with Gasteiger partial charge in [0, 0.05) is 24.8 Å². The summed E-state index contributed by atoms with van der Waals surface area (Å²) < 4.78 is 7.01. The number of nitrogens with one attached hydrogen (secondary N) is 2. The molecule has 1 aromatic carbocycles. The van der Waals surface area contributed by atoms with Gasteiger partial charge in [0.15, 0.2) is 16.6 Å². The van der Waals surface area contributed by atoms with Crippen molar-refractivity contribution in [3.05, 3.63) is 46.8 Å². The second kappa shape index (κ2) is 7.93. The first-order valence-electron chi connectivity index (χ1n) is 8.75. The van der Waals surface area contributed by atoms with Crippen molar-refractivity contribution < 1.29 is 9.53 Å². The molecule has 1 fully saturated rings. The maximum atomic E-state index is 12.2. The van der Waals surface area contributed by atoms with Crippen LogP contribution in [0.2, 0.25) is 0 Å². The molecule has 9 heteroatoms. The number of H-pyrrole nitrogens is 1. The molecule has 1 amide bonds. The van der Waals surface area contributed by atoms with Gasteiger partial charge >= 0.3 is 0 Å². The lowest BCUT2D eigenvalue weighted by atomic mass is 10.2. The summed E-state index contributed by atoms with van der Waals surface area (Å²) in [5.74, 6) is 0.600. The van der Waals surface area contributed by atoms with E-state index >= 15 is 0 Å². The Morgan fingerprint density at radius 3 is 2.96 bits per heavy atom. The van der Waals surface area contributed by atoms with Crippen LogP contribution in [0.1, 0.15) is 12.8 Å². The molecule has 1 atom stereocenters. The molecular weight excluding hydrogens is 366 g/mol. The lowest BCUT2D eigenvalue weighted by molar-refractivity contribution is -0.119. The highest BCUT2D eigenvalue weighted by atomic mass is 32.2. The summed E-state index contributed by atoms with van der Waals surface area (Å²) in [6.45, 7) is 1.28. The van der Waals surface area contributed by atoms with Gasteiger partial charge < -0.3 is 10.1 Å². The minimum Gasteiger partial charge on any atom is -0.376 e. The number of fused-ring (bicyclic) bond motifs is 1. The van der Waals surface area contributed by atoms with Crippen LogP contribution in [-0.4, -0.2) is 50.5 Å². The molecular formula is C18H19N5O3S. The van der Waals surface area contributed by atoms with Gasteiger partial charge in [-0.05, 0) is 12.8 Å². The zero-order valence-corrected chi connectivity index (χ0v) is 15.4. The number of amides is 1. The molecule has 3 heterocycles. The Morgan fingerprint density at radius 1 is 1.33 bits per heavy atom. The average molecular weight is 385 g/mol. The van der Waals surface area contributed by atoms with Crippen molar-refractivity contribution >= 4 is 23.3 Å². The summed E-state index contributed by atoms with van der Waals surface area (Å²) in [6.07, 6.45) is 2.12. The van der Waals surface area contributed by atoms with E-state index in [-0.39, 0.29) is 23.3 Å². The standard InChI is InChI=1S/C18H19N5O3S/c24-15-9-14-20-17(12-5-2-1-3-6-12)21-18(23(14)22-15)27-11-16(25)19-10-13-7-4-8-26-13/h1-3,5-6,9,13H,4,7-8,10-11H2,(H,19,25)(H,22,24)/t13-/m0/s1. The third-order valence-corrected chi connectivity index (χ3v) is 5.18. The molecule has 1 aliphatic rings. The maximum absolute atomic E-state index is 12.2. The first-order valence-corrected chi connectivity index (χ1v) is 9.74. The first kappa shape index (κ1) is 17.7. The third kappa shape index (κ3) is 4.20. The van der Waals surface area contributed by atoms with Gasteiger partial charge in [0.1, 0.15) is 0 Å². The Balaban J connectivity index is 1.51. The molecule has 0 radical (unpaired) electrons. The summed E-state index contributed by atoms with van der Waals surface area (Å²) in [5, 5.41) is 6.06. The van der Waals surface area contributed by atoms with Crippen LogP contribution >= 0.6 is 11.8 Å². The van der Waals surface area contributed by atoms with Crippen LogP contribution in [0.5, 0.6) is 0 Å². The SMILES string of the molecule is O=C(CSc1nc(-c2ccccc2)nc2cc(=O)[nH]n12)NC[C@@H]1CCCO1. The van der Waals surface area contributed by atoms with Crippen LogP contribution in [0.15, 0.2) is 46.3 Å². The van der Waals surface area contributed by atoms with Gasteiger partial charge in [0.2, 0.25) is 5.91 Å². The van der Waals surface area contributed by atoms with E-state index < -0.39 is 0 Å². The Labute approximate surface area is 159 Å². The highest BCUT2D eigenvalue weighted by molar-refractivity contribution is 7.99. The van der Waals surface area contributed by atoms with Gasteiger partial charge in [-0.15, -0.1) is 0 Å². The van der Waals surface area contributed by atoms with Crippen molar-refractivity contribution in [2.24, 2.45) is 0 Å². The van der Waals surface area contributed by atoms with Crippen molar-refractivity contribution in [1.82, 2.24) is 24.9 Å². The van der Waals surface area contributed by atoms with Crippen LogP contribution in [0, 0.1) is 0 Å². The molecule has 0 spiro atoms. The van der Waals surface area contributed by atoms with E-state index in [9.17, 15) is 9.59 Å². The van der Waals surface area contributed by atoms with E-state index in [1.165, 1.54) is 22.3 Å². The molecule has 1 saturated heterocycles. The zero-order chi connectivity index (χ0) is 18.6. The minimum atomic E-state index is -0.265. The maximum Gasteiger partial charge on any atom is 0.266 e. The van der Waals surface area contributed by atoms with Crippen molar-refractivity contribution in [2.75, 3.05) is 18.9 Å². The Morgan fingerprint density at radius 2 is 2.19 bits per heavy atom. The monoisotopic (exact) mass is 385 g/mol. The summed E-state index contributed by atoms with van der Waals surface area (Å²) in [6, 6.07) is 10.9. The minimum absolute atomic E-state index is 0.0990. The van der Waals surface area contributed by atoms with E-state index in [4.69, 9.17) is 4.74 Å². The first-order chi connectivity index (χ1) is 13.2. The quantitative estimate of drug-likeness (QED) is 0.623. The number of hydrogen-bond donors (Lipinski definition) is 2. The molecule has 27 heavy (non-hydrogen) atoms. The molecule has 140 valence electrons. The summed E-state index contributed by atoms with van der Waals surface area (Å²) in [7, 11) is 0. The van der Waals surface area contributed by atoms with Gasteiger partial charge in [-0.1, -0.05) is 42.1 Å². The van der Waals surface area contributed by atoms with E-state index in [1.54, 1.807) is 0 Å². The Hall–Kier alpha value is -2.65. The Kier molecular flexibility index (Phi) is 5.21. The number of aromatic nitrogens is 4. The second-order valence-corrected chi connectivity index (χ2v) is 7.18. The molecule has 0 bridgehead atoms. The number of rotatable bonds is 6. The lowest BCUT2D eigenvalue weighted by Gasteiger charge is -2.11. The summed E-state index contributed by atoms with van der Waals surface area (Å²) in [5.41, 5.74) is 1.05. The summed E-state index contributed by atoms with van der Waals surface area (Å²) >= 11 is 1.25.